The van der Waals surface area contributed by atoms with Gasteiger partial charge in [0.15, 0.2) is 0 Å². The van der Waals surface area contributed by atoms with Crippen LogP contribution in [0.3, 0.4) is 0 Å². The van der Waals surface area contributed by atoms with Gasteiger partial charge in [-0.2, -0.15) is 0 Å². The number of rotatable bonds is 4. The van der Waals surface area contributed by atoms with Crippen LogP contribution in [0.5, 0.6) is 0 Å². The summed E-state index contributed by atoms with van der Waals surface area (Å²) in [6.07, 6.45) is 0.843. The molecule has 0 aliphatic carbocycles. The maximum atomic E-state index is 12.0. The van der Waals surface area contributed by atoms with Gasteiger partial charge in [0.25, 0.3) is 0 Å². The molecular formula is C10H14BrNOS. The summed E-state index contributed by atoms with van der Waals surface area (Å²) in [7, 11) is -0.987. The number of halogens is 1. The number of hydrogen-bond acceptors (Lipinski definition) is 2. The first-order valence-corrected chi connectivity index (χ1v) is 6.55. The molecule has 1 aromatic rings. The smallest absolute Gasteiger partial charge is 0.0573 e. The second kappa shape index (κ2) is 5.63. The largest absolute Gasteiger partial charge is 0.329 e. The lowest BCUT2D eigenvalue weighted by atomic mass is 10.3. The van der Waals surface area contributed by atoms with Crippen molar-refractivity contribution in [3.05, 3.63) is 28.7 Å². The van der Waals surface area contributed by atoms with E-state index in [2.05, 4.69) is 15.9 Å². The first kappa shape index (κ1) is 11.9. The zero-order chi connectivity index (χ0) is 10.6. The van der Waals surface area contributed by atoms with Crippen molar-refractivity contribution in [1.82, 2.24) is 0 Å². The summed E-state index contributed by atoms with van der Waals surface area (Å²) >= 11 is 3.36. The van der Waals surface area contributed by atoms with Gasteiger partial charge in [-0.3, -0.25) is 4.21 Å². The van der Waals surface area contributed by atoms with Gasteiger partial charge in [0.2, 0.25) is 0 Å². The molecule has 0 spiro atoms. The maximum Gasteiger partial charge on any atom is 0.0573 e. The summed E-state index contributed by atoms with van der Waals surface area (Å²) in [5.74, 6) is 0. The summed E-state index contributed by atoms with van der Waals surface area (Å²) in [5, 5.41) is 0.0595. The van der Waals surface area contributed by atoms with Gasteiger partial charge in [0, 0.05) is 15.9 Å². The van der Waals surface area contributed by atoms with E-state index in [0.29, 0.717) is 6.54 Å². The van der Waals surface area contributed by atoms with Gasteiger partial charge in [0.05, 0.1) is 16.0 Å². The van der Waals surface area contributed by atoms with E-state index in [1.807, 2.05) is 31.2 Å². The van der Waals surface area contributed by atoms with Crippen molar-refractivity contribution in [1.29, 1.82) is 0 Å². The fourth-order valence-corrected chi connectivity index (χ4v) is 3.06. The summed E-state index contributed by atoms with van der Waals surface area (Å²) in [4.78, 5) is 0.844. The number of nitrogens with two attached hydrogens (primary N) is 1. The van der Waals surface area contributed by atoms with Gasteiger partial charge in [-0.15, -0.1) is 0 Å². The van der Waals surface area contributed by atoms with E-state index in [1.54, 1.807) is 0 Å². The third-order valence-corrected chi connectivity index (χ3v) is 4.39. The Morgan fingerprint density at radius 2 is 2.29 bits per heavy atom. The molecule has 0 heterocycles. The van der Waals surface area contributed by atoms with Crippen LogP contribution in [0, 0.1) is 0 Å². The van der Waals surface area contributed by atoms with Crippen LogP contribution in [0.4, 0.5) is 0 Å². The molecule has 1 rings (SSSR count). The summed E-state index contributed by atoms with van der Waals surface area (Å²) in [6.45, 7) is 2.48. The van der Waals surface area contributed by atoms with Gasteiger partial charge >= 0.3 is 0 Å². The van der Waals surface area contributed by atoms with Gasteiger partial charge < -0.3 is 5.73 Å². The molecule has 0 bridgehead atoms. The third-order valence-electron chi connectivity index (χ3n) is 2.05. The molecule has 0 saturated heterocycles. The van der Waals surface area contributed by atoms with E-state index in [4.69, 9.17) is 5.73 Å². The van der Waals surface area contributed by atoms with Crippen LogP contribution in [0.2, 0.25) is 0 Å². The number of benzene rings is 1. The minimum Gasteiger partial charge on any atom is -0.329 e. The van der Waals surface area contributed by atoms with Crippen LogP contribution in [-0.4, -0.2) is 16.0 Å². The zero-order valence-electron chi connectivity index (χ0n) is 8.07. The highest BCUT2D eigenvalue weighted by molar-refractivity contribution is 9.10. The average Bonchev–Trinajstić information content (AvgIpc) is 2.19. The molecule has 2 nitrogen and oxygen atoms in total. The van der Waals surface area contributed by atoms with Crippen molar-refractivity contribution in [2.75, 3.05) is 6.54 Å². The Morgan fingerprint density at radius 3 is 2.79 bits per heavy atom. The zero-order valence-corrected chi connectivity index (χ0v) is 10.5. The molecule has 0 saturated carbocycles. The van der Waals surface area contributed by atoms with E-state index in [0.717, 1.165) is 15.8 Å². The molecule has 0 fully saturated rings. The second-order valence-electron chi connectivity index (χ2n) is 3.02. The Balaban J connectivity index is 2.88. The molecule has 0 amide bonds. The standard InChI is InChI=1S/C10H14BrNOS/c1-2-9(7-12)14(13)10-5-3-4-8(11)6-10/h3-6,9H,2,7,12H2,1H3. The average molecular weight is 276 g/mol. The summed E-state index contributed by atoms with van der Waals surface area (Å²) in [5.41, 5.74) is 5.55. The molecule has 2 N–H and O–H groups in total. The fraction of sp³-hybridized carbons (Fsp3) is 0.400. The van der Waals surface area contributed by atoms with E-state index < -0.39 is 10.8 Å². The summed E-state index contributed by atoms with van der Waals surface area (Å²) < 4.78 is 12.9. The highest BCUT2D eigenvalue weighted by Crippen LogP contribution is 2.18. The van der Waals surface area contributed by atoms with E-state index in [1.165, 1.54) is 0 Å². The maximum absolute atomic E-state index is 12.0. The van der Waals surface area contributed by atoms with Gasteiger partial charge in [-0.25, -0.2) is 0 Å². The van der Waals surface area contributed by atoms with Gasteiger partial charge in [-0.1, -0.05) is 28.9 Å². The Hall–Kier alpha value is -0.190. The predicted octanol–water partition coefficient (Wildman–Crippen LogP) is 2.29. The lowest BCUT2D eigenvalue weighted by Crippen LogP contribution is -2.24. The normalized spacial score (nSPS) is 15.1. The highest BCUT2D eigenvalue weighted by Gasteiger charge is 2.14. The van der Waals surface area contributed by atoms with Crippen LogP contribution < -0.4 is 5.73 Å². The lowest BCUT2D eigenvalue weighted by Gasteiger charge is -2.11. The second-order valence-corrected chi connectivity index (χ2v) is 5.67. The fourth-order valence-electron chi connectivity index (χ4n) is 1.19. The third kappa shape index (κ3) is 2.90. The Bertz CT molecular complexity index is 326. The van der Waals surface area contributed by atoms with Crippen molar-refractivity contribution >= 4 is 26.7 Å². The van der Waals surface area contributed by atoms with Crippen LogP contribution in [0.25, 0.3) is 0 Å². The topological polar surface area (TPSA) is 43.1 Å². The molecule has 78 valence electrons. The van der Waals surface area contributed by atoms with E-state index in [-0.39, 0.29) is 5.25 Å². The molecular weight excluding hydrogens is 262 g/mol. The monoisotopic (exact) mass is 275 g/mol. The minimum absolute atomic E-state index is 0.0595. The van der Waals surface area contributed by atoms with Crippen LogP contribution in [0.1, 0.15) is 13.3 Å². The van der Waals surface area contributed by atoms with Crippen LogP contribution in [-0.2, 0) is 10.8 Å². The molecule has 0 radical (unpaired) electrons. The predicted molar refractivity (Wildman–Crippen MR) is 63.7 cm³/mol. The molecule has 0 aliphatic heterocycles. The van der Waals surface area contributed by atoms with Gasteiger partial charge in [-0.05, 0) is 24.6 Å². The number of hydrogen-bond donors (Lipinski definition) is 1. The molecule has 2 atom stereocenters. The van der Waals surface area contributed by atoms with Crippen molar-refractivity contribution in [2.45, 2.75) is 23.5 Å². The van der Waals surface area contributed by atoms with Crippen molar-refractivity contribution in [2.24, 2.45) is 5.73 Å². The summed E-state index contributed by atoms with van der Waals surface area (Å²) in [6, 6.07) is 7.57. The van der Waals surface area contributed by atoms with Crippen molar-refractivity contribution in [3.8, 4) is 0 Å². The quantitative estimate of drug-likeness (QED) is 0.917. The first-order valence-electron chi connectivity index (χ1n) is 4.55. The van der Waals surface area contributed by atoms with Crippen molar-refractivity contribution < 1.29 is 4.21 Å². The van der Waals surface area contributed by atoms with E-state index >= 15 is 0 Å². The molecule has 1 aromatic carbocycles. The Morgan fingerprint density at radius 1 is 1.57 bits per heavy atom. The molecule has 0 aliphatic rings. The Labute approximate surface area is 95.5 Å². The highest BCUT2D eigenvalue weighted by atomic mass is 79.9. The minimum atomic E-state index is -0.987. The van der Waals surface area contributed by atoms with Crippen LogP contribution in [0.15, 0.2) is 33.6 Å². The lowest BCUT2D eigenvalue weighted by molar-refractivity contribution is 0.664. The molecule has 4 heteroatoms. The van der Waals surface area contributed by atoms with Crippen molar-refractivity contribution in [3.63, 3.8) is 0 Å². The van der Waals surface area contributed by atoms with E-state index in [9.17, 15) is 4.21 Å². The molecule has 0 aromatic heterocycles. The first-order chi connectivity index (χ1) is 6.69. The van der Waals surface area contributed by atoms with Gasteiger partial charge in [0.1, 0.15) is 0 Å². The molecule has 14 heavy (non-hydrogen) atoms. The Kier molecular flexibility index (Phi) is 4.78. The SMILES string of the molecule is CCC(CN)S(=O)c1cccc(Br)c1. The molecule has 2 unspecified atom stereocenters. The van der Waals surface area contributed by atoms with Crippen LogP contribution >= 0.6 is 15.9 Å².